The first kappa shape index (κ1) is 12.6. The Morgan fingerprint density at radius 1 is 1.35 bits per heavy atom. The van der Waals surface area contributed by atoms with Crippen molar-refractivity contribution < 1.29 is 14.6 Å². The molecule has 0 saturated heterocycles. The standard InChI is InChI=1S/C12H14INO3/c13-11-6-5-10(7-14-11)17-9-3-1-8(2-4-9)12(15)16/h5-9H,1-4H2,(H,15,16)/t8-,9+. The van der Waals surface area contributed by atoms with Gasteiger partial charge in [0.2, 0.25) is 0 Å². The molecule has 1 saturated carbocycles. The first-order valence-corrected chi connectivity index (χ1v) is 6.74. The van der Waals surface area contributed by atoms with Crippen LogP contribution < -0.4 is 4.74 Å². The molecular weight excluding hydrogens is 333 g/mol. The maximum Gasteiger partial charge on any atom is 0.306 e. The number of rotatable bonds is 3. The van der Waals surface area contributed by atoms with Crippen LogP contribution in [0.3, 0.4) is 0 Å². The summed E-state index contributed by atoms with van der Waals surface area (Å²) in [5.74, 6) is -0.103. The molecule has 1 N–H and O–H groups in total. The number of ether oxygens (including phenoxy) is 1. The minimum absolute atomic E-state index is 0.132. The van der Waals surface area contributed by atoms with E-state index < -0.39 is 5.97 Å². The van der Waals surface area contributed by atoms with Gasteiger partial charge < -0.3 is 9.84 Å². The van der Waals surface area contributed by atoms with Gasteiger partial charge >= 0.3 is 5.97 Å². The van der Waals surface area contributed by atoms with E-state index in [9.17, 15) is 4.79 Å². The normalized spacial score (nSPS) is 24.3. The van der Waals surface area contributed by atoms with Crippen molar-refractivity contribution in [3.8, 4) is 5.75 Å². The van der Waals surface area contributed by atoms with E-state index >= 15 is 0 Å². The number of nitrogens with zero attached hydrogens (tertiary/aromatic N) is 1. The van der Waals surface area contributed by atoms with Gasteiger partial charge in [0.15, 0.2) is 0 Å². The van der Waals surface area contributed by atoms with E-state index in [0.29, 0.717) is 12.8 Å². The van der Waals surface area contributed by atoms with E-state index in [2.05, 4.69) is 27.6 Å². The van der Waals surface area contributed by atoms with Gasteiger partial charge in [-0.2, -0.15) is 0 Å². The third-order valence-electron chi connectivity index (χ3n) is 3.03. The van der Waals surface area contributed by atoms with Gasteiger partial charge in [0.1, 0.15) is 9.45 Å². The molecule has 0 amide bonds. The molecule has 5 heteroatoms. The van der Waals surface area contributed by atoms with Crippen molar-refractivity contribution in [2.24, 2.45) is 5.92 Å². The van der Waals surface area contributed by atoms with Gasteiger partial charge in [-0.15, -0.1) is 0 Å². The number of aliphatic carboxylic acids is 1. The summed E-state index contributed by atoms with van der Waals surface area (Å²) in [4.78, 5) is 15.0. The molecule has 0 aliphatic heterocycles. The fraction of sp³-hybridized carbons (Fsp3) is 0.500. The Balaban J connectivity index is 1.85. The predicted octanol–water partition coefficient (Wildman–Crippen LogP) is 2.71. The van der Waals surface area contributed by atoms with Crippen LogP contribution in [0.4, 0.5) is 0 Å². The number of halogens is 1. The number of hydrogen-bond donors (Lipinski definition) is 1. The minimum atomic E-state index is -0.681. The van der Waals surface area contributed by atoms with Gasteiger partial charge in [-0.05, 0) is 60.4 Å². The number of aromatic nitrogens is 1. The first-order valence-electron chi connectivity index (χ1n) is 5.66. The number of carboxylic acid groups (broad SMARTS) is 1. The van der Waals surface area contributed by atoms with Crippen LogP contribution in [-0.2, 0) is 4.79 Å². The Bertz CT molecular complexity index is 385. The lowest BCUT2D eigenvalue weighted by atomic mass is 9.87. The van der Waals surface area contributed by atoms with Crippen LogP contribution in [0.5, 0.6) is 5.75 Å². The van der Waals surface area contributed by atoms with Crippen molar-refractivity contribution in [3.63, 3.8) is 0 Å². The smallest absolute Gasteiger partial charge is 0.306 e. The average molecular weight is 347 g/mol. The highest BCUT2D eigenvalue weighted by atomic mass is 127. The summed E-state index contributed by atoms with van der Waals surface area (Å²) in [7, 11) is 0. The minimum Gasteiger partial charge on any atom is -0.489 e. The highest BCUT2D eigenvalue weighted by Crippen LogP contribution is 2.27. The molecule has 0 spiro atoms. The lowest BCUT2D eigenvalue weighted by Gasteiger charge is -2.26. The molecular formula is C12H14INO3. The Morgan fingerprint density at radius 2 is 2.06 bits per heavy atom. The number of carbonyl (C=O) groups is 1. The number of pyridine rings is 1. The molecule has 0 unspecified atom stereocenters. The molecule has 1 heterocycles. The summed E-state index contributed by atoms with van der Waals surface area (Å²) in [5, 5.41) is 8.89. The molecule has 4 nitrogen and oxygen atoms in total. The SMILES string of the molecule is O=C(O)[C@H]1CC[C@@H](Oc2ccc(I)nc2)CC1. The second-order valence-corrected chi connectivity index (χ2v) is 5.35. The molecule has 1 aromatic heterocycles. The Hall–Kier alpha value is -0.850. The quantitative estimate of drug-likeness (QED) is 0.675. The number of carboxylic acids is 1. The summed E-state index contributed by atoms with van der Waals surface area (Å²) < 4.78 is 6.71. The highest BCUT2D eigenvalue weighted by Gasteiger charge is 2.26. The van der Waals surface area contributed by atoms with E-state index in [4.69, 9.17) is 9.84 Å². The van der Waals surface area contributed by atoms with Gasteiger partial charge in [-0.25, -0.2) is 4.98 Å². The van der Waals surface area contributed by atoms with Crippen LogP contribution in [0.1, 0.15) is 25.7 Å². The van der Waals surface area contributed by atoms with Crippen molar-refractivity contribution in [2.75, 3.05) is 0 Å². The third kappa shape index (κ3) is 3.55. The summed E-state index contributed by atoms with van der Waals surface area (Å²) in [6.45, 7) is 0. The fourth-order valence-corrected chi connectivity index (χ4v) is 2.37. The largest absolute Gasteiger partial charge is 0.489 e. The van der Waals surface area contributed by atoms with Crippen molar-refractivity contribution in [1.29, 1.82) is 0 Å². The molecule has 0 aromatic carbocycles. The first-order chi connectivity index (χ1) is 8.15. The average Bonchev–Trinajstić information content (AvgIpc) is 2.33. The number of hydrogen-bond acceptors (Lipinski definition) is 3. The fourth-order valence-electron chi connectivity index (χ4n) is 2.05. The van der Waals surface area contributed by atoms with Crippen LogP contribution in [-0.4, -0.2) is 22.2 Å². The summed E-state index contributed by atoms with van der Waals surface area (Å²) in [6.07, 6.45) is 4.87. The second kappa shape index (κ2) is 5.66. The second-order valence-electron chi connectivity index (χ2n) is 4.25. The lowest BCUT2D eigenvalue weighted by molar-refractivity contribution is -0.143. The van der Waals surface area contributed by atoms with Gasteiger partial charge in [0, 0.05) is 0 Å². The van der Waals surface area contributed by atoms with E-state index in [1.807, 2.05) is 12.1 Å². The maximum absolute atomic E-state index is 10.8. The third-order valence-corrected chi connectivity index (χ3v) is 3.66. The molecule has 1 aliphatic rings. The zero-order valence-corrected chi connectivity index (χ0v) is 11.5. The van der Waals surface area contributed by atoms with Crippen LogP contribution in [0.15, 0.2) is 18.3 Å². The van der Waals surface area contributed by atoms with Crippen LogP contribution in [0, 0.1) is 9.62 Å². The van der Waals surface area contributed by atoms with Crippen molar-refractivity contribution in [2.45, 2.75) is 31.8 Å². The van der Waals surface area contributed by atoms with Crippen LogP contribution in [0.25, 0.3) is 0 Å². The summed E-state index contributed by atoms with van der Waals surface area (Å²) in [5.41, 5.74) is 0. The lowest BCUT2D eigenvalue weighted by Crippen LogP contribution is -2.27. The zero-order chi connectivity index (χ0) is 12.3. The van der Waals surface area contributed by atoms with E-state index in [0.717, 1.165) is 22.3 Å². The van der Waals surface area contributed by atoms with Gasteiger partial charge in [0.25, 0.3) is 0 Å². The van der Waals surface area contributed by atoms with Gasteiger partial charge in [-0.1, -0.05) is 0 Å². The Labute approximate surface area is 114 Å². The molecule has 0 atom stereocenters. The zero-order valence-electron chi connectivity index (χ0n) is 9.30. The van der Waals surface area contributed by atoms with Crippen molar-refractivity contribution in [3.05, 3.63) is 22.0 Å². The highest BCUT2D eigenvalue weighted by molar-refractivity contribution is 14.1. The predicted molar refractivity (Wildman–Crippen MR) is 71.0 cm³/mol. The maximum atomic E-state index is 10.8. The van der Waals surface area contributed by atoms with E-state index in [1.165, 1.54) is 0 Å². The van der Waals surface area contributed by atoms with Crippen molar-refractivity contribution >= 4 is 28.6 Å². The summed E-state index contributed by atoms with van der Waals surface area (Å²) in [6, 6.07) is 3.80. The van der Waals surface area contributed by atoms with Gasteiger partial charge in [-0.3, -0.25) is 4.79 Å². The Kier molecular flexibility index (Phi) is 4.20. The van der Waals surface area contributed by atoms with Crippen molar-refractivity contribution in [1.82, 2.24) is 4.98 Å². The van der Waals surface area contributed by atoms with Crippen LogP contribution in [0.2, 0.25) is 0 Å². The molecule has 2 rings (SSSR count). The topological polar surface area (TPSA) is 59.4 Å². The molecule has 0 bridgehead atoms. The molecule has 1 aliphatic carbocycles. The van der Waals surface area contributed by atoms with E-state index in [1.54, 1.807) is 6.20 Å². The molecule has 92 valence electrons. The monoisotopic (exact) mass is 347 g/mol. The van der Waals surface area contributed by atoms with Gasteiger partial charge in [0.05, 0.1) is 18.2 Å². The van der Waals surface area contributed by atoms with Crippen LogP contribution >= 0.6 is 22.6 Å². The molecule has 17 heavy (non-hydrogen) atoms. The molecule has 0 radical (unpaired) electrons. The van der Waals surface area contributed by atoms with E-state index in [-0.39, 0.29) is 12.0 Å². The summed E-state index contributed by atoms with van der Waals surface area (Å²) >= 11 is 2.15. The molecule has 1 fully saturated rings. The Morgan fingerprint density at radius 3 is 2.59 bits per heavy atom. The molecule has 1 aromatic rings.